The topological polar surface area (TPSA) is 46.6 Å². The van der Waals surface area contributed by atoms with E-state index in [1.165, 1.54) is 0 Å². The number of allylic oxidation sites excluding steroid dienone is 1. The molecule has 0 aliphatic carbocycles. The van der Waals surface area contributed by atoms with Crippen molar-refractivity contribution in [1.29, 1.82) is 0 Å². The van der Waals surface area contributed by atoms with Gasteiger partial charge in [0.1, 0.15) is 6.61 Å². The van der Waals surface area contributed by atoms with Gasteiger partial charge in [-0.3, -0.25) is 4.90 Å². The van der Waals surface area contributed by atoms with Crippen molar-refractivity contribution < 1.29 is 14.1 Å². The lowest BCUT2D eigenvalue weighted by Crippen LogP contribution is -2.22. The molecule has 0 atom stereocenters. The molecule has 5 rings (SSSR count). The van der Waals surface area contributed by atoms with Crippen LogP contribution in [0.3, 0.4) is 0 Å². The third-order valence-corrected chi connectivity index (χ3v) is 9.64. The van der Waals surface area contributed by atoms with Gasteiger partial charge in [0, 0.05) is 22.1 Å². The molecule has 0 N–H and O–H groups in total. The summed E-state index contributed by atoms with van der Waals surface area (Å²) in [6, 6.07) is 28.4. The molecule has 0 spiro atoms. The van der Waals surface area contributed by atoms with E-state index in [0.29, 0.717) is 19.6 Å². The summed E-state index contributed by atoms with van der Waals surface area (Å²) in [5, 5.41) is 6.69. The number of carbonyl (C=O) groups excluding carboxylic acids is 1. The summed E-state index contributed by atoms with van der Waals surface area (Å²) in [5.41, 5.74) is 0. The number of nitrogens with zero attached hydrogens (tertiary/aromatic N) is 1. The van der Waals surface area contributed by atoms with E-state index in [1.54, 1.807) is 11.1 Å². The maximum atomic E-state index is 15.4. The molecule has 0 saturated carbocycles. The number of ether oxygens (including phenoxy) is 1. The molecule has 1 fully saturated rings. The van der Waals surface area contributed by atoms with Gasteiger partial charge >= 0.3 is 6.09 Å². The van der Waals surface area contributed by atoms with Crippen molar-refractivity contribution >= 4 is 45.4 Å². The van der Waals surface area contributed by atoms with E-state index in [1.807, 2.05) is 60.7 Å². The molecule has 0 radical (unpaired) electrons. The number of amides is 1. The van der Waals surface area contributed by atoms with Gasteiger partial charge in [0.25, 0.3) is 0 Å². The summed E-state index contributed by atoms with van der Waals surface area (Å²) in [7, 11) is -3.24. The van der Waals surface area contributed by atoms with Crippen LogP contribution < -0.4 is 10.6 Å². The molecule has 0 aromatic heterocycles. The zero-order valence-corrected chi connectivity index (χ0v) is 20.2. The Morgan fingerprint density at radius 2 is 1.44 bits per heavy atom. The number of benzene rings is 4. The number of rotatable bonds is 7. The van der Waals surface area contributed by atoms with Crippen LogP contribution in [-0.4, -0.2) is 24.1 Å². The highest BCUT2D eigenvalue weighted by atomic mass is 31.2. The largest absolute Gasteiger partial charge is 0.447 e. The van der Waals surface area contributed by atoms with Gasteiger partial charge in [0.15, 0.2) is 7.14 Å². The van der Waals surface area contributed by atoms with E-state index in [9.17, 15) is 4.79 Å². The molecule has 5 heteroatoms. The standard InChI is InChI=1S/C29H28NO3P/c1-2-3-12-28(21-30-17-18-33-29(30)31)34(32,26-15-13-22-8-4-6-10-24(22)19-26)27-16-14-23-9-5-7-11-25(23)20-27/h4-11,13-16,19-21H,2-3,12,17-18H2,1H3/b28-21+. The lowest BCUT2D eigenvalue weighted by molar-refractivity contribution is 0.166. The molecule has 4 aromatic rings. The van der Waals surface area contributed by atoms with E-state index < -0.39 is 7.14 Å². The number of carbonyl (C=O) groups is 1. The van der Waals surface area contributed by atoms with Crippen molar-refractivity contribution in [3.05, 3.63) is 96.4 Å². The zero-order valence-electron chi connectivity index (χ0n) is 19.3. The monoisotopic (exact) mass is 469 g/mol. The fourth-order valence-corrected chi connectivity index (χ4v) is 7.54. The molecule has 4 aromatic carbocycles. The Labute approximate surface area is 200 Å². The maximum Gasteiger partial charge on any atom is 0.413 e. The first-order valence-corrected chi connectivity index (χ1v) is 13.5. The van der Waals surface area contributed by atoms with Gasteiger partial charge in [-0.25, -0.2) is 4.79 Å². The Hall–Kier alpha value is -3.36. The van der Waals surface area contributed by atoms with Crippen LogP contribution in [0.2, 0.25) is 0 Å². The minimum absolute atomic E-state index is 0.354. The Morgan fingerprint density at radius 3 is 1.94 bits per heavy atom. The van der Waals surface area contributed by atoms with E-state index >= 15 is 4.57 Å². The van der Waals surface area contributed by atoms with E-state index in [2.05, 4.69) is 31.2 Å². The molecule has 0 bridgehead atoms. The summed E-state index contributed by atoms with van der Waals surface area (Å²) in [6.45, 7) is 2.95. The van der Waals surface area contributed by atoms with E-state index in [0.717, 1.165) is 50.3 Å². The Balaban J connectivity index is 1.75. The Bertz CT molecular complexity index is 1360. The van der Waals surface area contributed by atoms with Crippen LogP contribution in [0.4, 0.5) is 4.79 Å². The minimum atomic E-state index is -3.24. The van der Waals surface area contributed by atoms with Crippen molar-refractivity contribution in [3.8, 4) is 0 Å². The van der Waals surface area contributed by atoms with Crippen LogP contribution in [0, 0.1) is 0 Å². The number of fused-ring (bicyclic) bond motifs is 2. The van der Waals surface area contributed by atoms with Crippen molar-refractivity contribution in [3.63, 3.8) is 0 Å². The average molecular weight is 470 g/mol. The van der Waals surface area contributed by atoms with E-state index in [4.69, 9.17) is 4.74 Å². The number of hydrogen-bond acceptors (Lipinski definition) is 3. The third-order valence-electron chi connectivity index (χ3n) is 6.48. The first-order valence-electron chi connectivity index (χ1n) is 11.8. The number of hydrogen-bond donors (Lipinski definition) is 0. The second-order valence-electron chi connectivity index (χ2n) is 8.70. The van der Waals surface area contributed by atoms with Crippen molar-refractivity contribution in [2.75, 3.05) is 13.2 Å². The SMILES string of the molecule is CCCC/C(=C\N1CCOC1=O)P(=O)(c1ccc2ccccc2c1)c1ccc2ccccc2c1. The quantitative estimate of drug-likeness (QED) is 0.280. The summed E-state index contributed by atoms with van der Waals surface area (Å²) in [5.74, 6) is 0. The predicted octanol–water partition coefficient (Wildman–Crippen LogP) is 6.79. The van der Waals surface area contributed by atoms with Crippen LogP contribution in [-0.2, 0) is 9.30 Å². The average Bonchev–Trinajstić information content (AvgIpc) is 3.29. The zero-order chi connectivity index (χ0) is 23.5. The highest BCUT2D eigenvalue weighted by Gasteiger charge is 2.34. The number of cyclic esters (lactones) is 1. The molecule has 1 amide bonds. The van der Waals surface area contributed by atoms with Gasteiger partial charge in [-0.05, 0) is 46.5 Å². The summed E-state index contributed by atoms with van der Waals surface area (Å²) >= 11 is 0. The molecular weight excluding hydrogens is 441 g/mol. The highest BCUT2D eigenvalue weighted by Crippen LogP contribution is 2.54. The van der Waals surface area contributed by atoms with Crippen LogP contribution in [0.1, 0.15) is 26.2 Å². The Morgan fingerprint density at radius 1 is 0.882 bits per heavy atom. The van der Waals surface area contributed by atoms with Crippen LogP contribution >= 0.6 is 7.14 Å². The predicted molar refractivity (Wildman–Crippen MR) is 140 cm³/mol. The van der Waals surface area contributed by atoms with Gasteiger partial charge in [0.05, 0.1) is 6.54 Å². The summed E-state index contributed by atoms with van der Waals surface area (Å²) in [4.78, 5) is 13.9. The third kappa shape index (κ3) is 4.15. The van der Waals surface area contributed by atoms with Crippen LogP contribution in [0.15, 0.2) is 96.4 Å². The first-order chi connectivity index (χ1) is 16.6. The molecule has 172 valence electrons. The van der Waals surface area contributed by atoms with Crippen molar-refractivity contribution in [2.24, 2.45) is 0 Å². The molecule has 1 aliphatic rings. The minimum Gasteiger partial charge on any atom is -0.447 e. The van der Waals surface area contributed by atoms with Gasteiger partial charge in [-0.1, -0.05) is 86.1 Å². The van der Waals surface area contributed by atoms with Gasteiger partial charge in [0.2, 0.25) is 0 Å². The van der Waals surface area contributed by atoms with Gasteiger partial charge < -0.3 is 9.30 Å². The smallest absolute Gasteiger partial charge is 0.413 e. The van der Waals surface area contributed by atoms with E-state index in [-0.39, 0.29) is 6.09 Å². The van der Waals surface area contributed by atoms with Gasteiger partial charge in [-0.15, -0.1) is 0 Å². The molecule has 34 heavy (non-hydrogen) atoms. The lowest BCUT2D eigenvalue weighted by Gasteiger charge is -2.25. The van der Waals surface area contributed by atoms with Crippen molar-refractivity contribution in [1.82, 2.24) is 4.90 Å². The Kier molecular flexibility index (Phi) is 6.26. The highest BCUT2D eigenvalue weighted by molar-refractivity contribution is 7.82. The fourth-order valence-electron chi connectivity index (χ4n) is 4.59. The fraction of sp³-hybridized carbons (Fsp3) is 0.207. The first kappa shape index (κ1) is 22.4. The van der Waals surface area contributed by atoms with Crippen LogP contribution in [0.25, 0.3) is 21.5 Å². The second kappa shape index (κ2) is 9.48. The molecule has 1 aliphatic heterocycles. The molecule has 1 saturated heterocycles. The summed E-state index contributed by atoms with van der Waals surface area (Å²) in [6.07, 6.45) is 3.93. The lowest BCUT2D eigenvalue weighted by atomic mass is 10.1. The normalized spacial score (nSPS) is 14.7. The molecule has 4 nitrogen and oxygen atoms in total. The van der Waals surface area contributed by atoms with Gasteiger partial charge in [-0.2, -0.15) is 0 Å². The summed E-state index contributed by atoms with van der Waals surface area (Å²) < 4.78 is 20.5. The second-order valence-corrected chi connectivity index (χ2v) is 11.5. The van der Waals surface area contributed by atoms with Crippen molar-refractivity contribution in [2.45, 2.75) is 26.2 Å². The molecule has 1 heterocycles. The number of unbranched alkanes of at least 4 members (excludes halogenated alkanes) is 1. The molecular formula is C29H28NO3P. The molecule has 0 unspecified atom stereocenters. The van der Waals surface area contributed by atoms with Crippen LogP contribution in [0.5, 0.6) is 0 Å². The maximum absolute atomic E-state index is 15.4.